The molecule has 0 rings (SSSR count). The van der Waals surface area contributed by atoms with Gasteiger partial charge < -0.3 is 24.1 Å². The average molecular weight is 360 g/mol. The van der Waals surface area contributed by atoms with Gasteiger partial charge in [0.1, 0.15) is 0 Å². The van der Waals surface area contributed by atoms with E-state index in [-0.39, 0.29) is 6.61 Å². The maximum atomic E-state index is 9.19. The maximum Gasteiger partial charge on any atom is 0.261 e. The standard InChI is InChI=1S/C13H28O5.CH4O3S/c1-2-3-4-6-15-8-10-17-12-13-18-11-9-16-7-5-14;1-5(2,3)4/h14H,2-13H2,1H3;1H3,(H,2,3,4). The molecule has 0 radical (unpaired) electrons. The quantitative estimate of drug-likeness (QED) is 0.325. The van der Waals surface area contributed by atoms with Crippen molar-refractivity contribution in [3.8, 4) is 0 Å². The zero-order valence-electron chi connectivity index (χ0n) is 14.2. The van der Waals surface area contributed by atoms with E-state index in [1.54, 1.807) is 0 Å². The normalized spacial score (nSPS) is 11.1. The van der Waals surface area contributed by atoms with Gasteiger partial charge >= 0.3 is 0 Å². The minimum atomic E-state index is -3.67. The van der Waals surface area contributed by atoms with Gasteiger partial charge in [0.05, 0.1) is 59.1 Å². The van der Waals surface area contributed by atoms with Crippen LogP contribution >= 0.6 is 0 Å². The molecule has 0 unspecified atom stereocenters. The van der Waals surface area contributed by atoms with Gasteiger partial charge in [-0.1, -0.05) is 19.8 Å². The molecule has 0 aliphatic heterocycles. The fourth-order valence-corrected chi connectivity index (χ4v) is 1.28. The predicted octanol–water partition coefficient (Wildman–Crippen LogP) is 0.739. The molecule has 0 aromatic rings. The summed E-state index contributed by atoms with van der Waals surface area (Å²) in [5.41, 5.74) is 0. The van der Waals surface area contributed by atoms with E-state index in [4.69, 9.17) is 28.6 Å². The Hall–Kier alpha value is -0.290. The van der Waals surface area contributed by atoms with Crippen molar-refractivity contribution in [3.05, 3.63) is 0 Å². The summed E-state index contributed by atoms with van der Waals surface area (Å²) < 4.78 is 46.9. The van der Waals surface area contributed by atoms with Crippen molar-refractivity contribution < 1.29 is 37.0 Å². The number of ether oxygens (including phenoxy) is 4. The predicted molar refractivity (Wildman–Crippen MR) is 87.4 cm³/mol. The van der Waals surface area contributed by atoms with E-state index in [0.29, 0.717) is 52.5 Å². The molecular formula is C14H32O8S. The van der Waals surface area contributed by atoms with Crippen LogP contribution in [-0.4, -0.2) is 83.8 Å². The summed E-state index contributed by atoms with van der Waals surface area (Å²) in [7, 11) is -3.67. The summed E-state index contributed by atoms with van der Waals surface area (Å²) in [5, 5.41) is 8.46. The molecular weight excluding hydrogens is 328 g/mol. The van der Waals surface area contributed by atoms with Crippen molar-refractivity contribution in [1.82, 2.24) is 0 Å². The summed E-state index contributed by atoms with van der Waals surface area (Å²) in [4.78, 5) is 0. The highest BCUT2D eigenvalue weighted by Crippen LogP contribution is 1.93. The van der Waals surface area contributed by atoms with E-state index in [1.165, 1.54) is 12.8 Å². The molecule has 0 atom stereocenters. The zero-order chi connectivity index (χ0) is 17.8. The second-order valence-corrected chi connectivity index (χ2v) is 6.08. The molecule has 2 N–H and O–H groups in total. The molecule has 0 aromatic heterocycles. The Balaban J connectivity index is 0. The number of unbranched alkanes of at least 4 members (excludes halogenated alkanes) is 2. The minimum absolute atomic E-state index is 0.0569. The van der Waals surface area contributed by atoms with Gasteiger partial charge in [0.25, 0.3) is 10.1 Å². The summed E-state index contributed by atoms with van der Waals surface area (Å²) in [6.07, 6.45) is 4.30. The van der Waals surface area contributed by atoms with Crippen LogP contribution in [0.3, 0.4) is 0 Å². The molecule has 9 heteroatoms. The van der Waals surface area contributed by atoms with Gasteiger partial charge in [-0.15, -0.1) is 0 Å². The Morgan fingerprint density at radius 3 is 1.43 bits per heavy atom. The third-order valence-electron chi connectivity index (χ3n) is 2.24. The van der Waals surface area contributed by atoms with Crippen LogP contribution < -0.4 is 0 Å². The van der Waals surface area contributed by atoms with Gasteiger partial charge in [-0.2, -0.15) is 8.42 Å². The van der Waals surface area contributed by atoms with Crippen LogP contribution in [-0.2, 0) is 29.1 Å². The average Bonchev–Trinajstić information content (AvgIpc) is 2.46. The van der Waals surface area contributed by atoms with Gasteiger partial charge in [-0.05, 0) is 6.42 Å². The monoisotopic (exact) mass is 360 g/mol. The van der Waals surface area contributed by atoms with Crippen LogP contribution in [0.4, 0.5) is 0 Å². The Morgan fingerprint density at radius 2 is 1.09 bits per heavy atom. The first-order valence-corrected chi connectivity index (χ1v) is 9.61. The highest BCUT2D eigenvalue weighted by Gasteiger charge is 1.92. The van der Waals surface area contributed by atoms with E-state index in [9.17, 15) is 8.42 Å². The van der Waals surface area contributed by atoms with E-state index in [0.717, 1.165) is 13.0 Å². The fourth-order valence-electron chi connectivity index (χ4n) is 1.28. The Bertz CT molecular complexity index is 284. The molecule has 0 heterocycles. The molecule has 142 valence electrons. The molecule has 0 aliphatic rings. The molecule has 0 fully saturated rings. The van der Waals surface area contributed by atoms with E-state index in [2.05, 4.69) is 6.92 Å². The van der Waals surface area contributed by atoms with Crippen LogP contribution in [0.2, 0.25) is 0 Å². The van der Waals surface area contributed by atoms with Crippen LogP contribution in [0.25, 0.3) is 0 Å². The third-order valence-corrected chi connectivity index (χ3v) is 2.24. The number of hydrogen-bond acceptors (Lipinski definition) is 7. The summed E-state index contributed by atoms with van der Waals surface area (Å²) in [6.45, 7) is 6.92. The van der Waals surface area contributed by atoms with Crippen LogP contribution in [0, 0.1) is 0 Å². The minimum Gasteiger partial charge on any atom is -0.394 e. The second-order valence-electron chi connectivity index (χ2n) is 4.61. The van der Waals surface area contributed by atoms with E-state index in [1.807, 2.05) is 0 Å². The maximum absolute atomic E-state index is 9.19. The SMILES string of the molecule is CCCCCOCCOCCOCCOCCO.CS(=O)(=O)O. The van der Waals surface area contributed by atoms with Crippen molar-refractivity contribution >= 4 is 10.1 Å². The summed E-state index contributed by atoms with van der Waals surface area (Å²) >= 11 is 0. The molecule has 0 saturated carbocycles. The first-order chi connectivity index (χ1) is 10.9. The van der Waals surface area contributed by atoms with Gasteiger partial charge in [0.2, 0.25) is 0 Å². The van der Waals surface area contributed by atoms with Gasteiger partial charge in [-0.25, -0.2) is 0 Å². The molecule has 0 bridgehead atoms. The molecule has 0 spiro atoms. The Labute approximate surface area is 139 Å². The lowest BCUT2D eigenvalue weighted by Crippen LogP contribution is -2.12. The van der Waals surface area contributed by atoms with Crippen LogP contribution in [0.1, 0.15) is 26.2 Å². The Morgan fingerprint density at radius 1 is 0.739 bits per heavy atom. The lowest BCUT2D eigenvalue weighted by Gasteiger charge is -2.07. The van der Waals surface area contributed by atoms with Crippen molar-refractivity contribution in [3.63, 3.8) is 0 Å². The first-order valence-electron chi connectivity index (χ1n) is 7.76. The number of hydrogen-bond donors (Lipinski definition) is 2. The second kappa shape index (κ2) is 19.8. The number of aliphatic hydroxyl groups is 1. The number of rotatable bonds is 15. The van der Waals surface area contributed by atoms with E-state index >= 15 is 0 Å². The van der Waals surface area contributed by atoms with Crippen LogP contribution in [0.5, 0.6) is 0 Å². The van der Waals surface area contributed by atoms with Crippen molar-refractivity contribution in [2.45, 2.75) is 26.2 Å². The topological polar surface area (TPSA) is 112 Å². The molecule has 23 heavy (non-hydrogen) atoms. The molecule has 0 amide bonds. The summed E-state index contributed by atoms with van der Waals surface area (Å²) in [5.74, 6) is 0. The molecule has 0 aliphatic carbocycles. The molecule has 8 nitrogen and oxygen atoms in total. The molecule has 0 aromatic carbocycles. The lowest BCUT2D eigenvalue weighted by atomic mass is 10.3. The van der Waals surface area contributed by atoms with Gasteiger partial charge in [0.15, 0.2) is 0 Å². The zero-order valence-corrected chi connectivity index (χ0v) is 15.1. The van der Waals surface area contributed by atoms with Crippen molar-refractivity contribution in [1.29, 1.82) is 0 Å². The fraction of sp³-hybridized carbons (Fsp3) is 1.00. The van der Waals surface area contributed by atoms with Crippen LogP contribution in [0.15, 0.2) is 0 Å². The Kier molecular flexibility index (Phi) is 21.4. The van der Waals surface area contributed by atoms with Crippen molar-refractivity contribution in [2.75, 3.05) is 65.7 Å². The largest absolute Gasteiger partial charge is 0.394 e. The first kappa shape index (κ1) is 25.0. The highest BCUT2D eigenvalue weighted by molar-refractivity contribution is 7.85. The van der Waals surface area contributed by atoms with E-state index < -0.39 is 10.1 Å². The van der Waals surface area contributed by atoms with Crippen molar-refractivity contribution in [2.24, 2.45) is 0 Å². The van der Waals surface area contributed by atoms with Gasteiger partial charge in [0, 0.05) is 6.61 Å². The summed E-state index contributed by atoms with van der Waals surface area (Å²) in [6, 6.07) is 0. The molecule has 0 saturated heterocycles. The highest BCUT2D eigenvalue weighted by atomic mass is 32.2. The third kappa shape index (κ3) is 39.0. The lowest BCUT2D eigenvalue weighted by molar-refractivity contribution is -0.00575. The smallest absolute Gasteiger partial charge is 0.261 e. The van der Waals surface area contributed by atoms with Gasteiger partial charge in [-0.3, -0.25) is 4.55 Å². The number of aliphatic hydroxyl groups excluding tert-OH is 1.